The van der Waals surface area contributed by atoms with Gasteiger partial charge >= 0.3 is 0 Å². The van der Waals surface area contributed by atoms with Crippen LogP contribution in [0.25, 0.3) is 0 Å². The third-order valence-electron chi connectivity index (χ3n) is 5.63. The minimum absolute atomic E-state index is 0.721. The molecule has 0 rings (SSSR count). The zero-order valence-corrected chi connectivity index (χ0v) is 20.4. The molecule has 0 amide bonds. The zero-order chi connectivity index (χ0) is 23.5. The van der Waals surface area contributed by atoms with Gasteiger partial charge in [0.15, 0.2) is 0 Å². The van der Waals surface area contributed by atoms with E-state index in [1.807, 2.05) is 12.2 Å². The highest BCUT2D eigenvalue weighted by Crippen LogP contribution is 2.12. The zero-order valence-electron chi connectivity index (χ0n) is 20.4. The maximum Gasteiger partial charge on any atom is 0.133 e. The van der Waals surface area contributed by atoms with E-state index in [0.29, 0.717) is 0 Å². The molecule has 0 heterocycles. The molecule has 2 atom stereocenters. The summed E-state index contributed by atoms with van der Waals surface area (Å²) in [5.41, 5.74) is 0. The van der Waals surface area contributed by atoms with Crippen LogP contribution >= 0.6 is 0 Å². The Morgan fingerprint density at radius 3 is 0.969 bits per heavy atom. The first kappa shape index (κ1) is 30.3. The number of hydrogen-bond donors (Lipinski definition) is 2. The smallest absolute Gasteiger partial charge is 0.133 e. The summed E-state index contributed by atoms with van der Waals surface area (Å²) in [6.45, 7) is 0. The molecule has 0 saturated heterocycles. The molecule has 0 spiro atoms. The van der Waals surface area contributed by atoms with E-state index in [2.05, 4.69) is 24.0 Å². The van der Waals surface area contributed by atoms with Crippen molar-refractivity contribution in [3.8, 4) is 24.7 Å². The number of rotatable bonds is 22. The van der Waals surface area contributed by atoms with Crippen molar-refractivity contribution >= 4 is 0 Å². The van der Waals surface area contributed by atoms with Crippen LogP contribution in [-0.2, 0) is 0 Å². The van der Waals surface area contributed by atoms with E-state index in [0.717, 1.165) is 12.8 Å². The van der Waals surface area contributed by atoms with Crippen molar-refractivity contribution < 1.29 is 10.2 Å². The molecule has 2 heteroatoms. The second-order valence-electron chi connectivity index (χ2n) is 8.66. The Bertz CT molecular complexity index is 508. The van der Waals surface area contributed by atoms with Crippen LogP contribution in [0.4, 0.5) is 0 Å². The van der Waals surface area contributed by atoms with Crippen LogP contribution in [0.3, 0.4) is 0 Å². The summed E-state index contributed by atoms with van der Waals surface area (Å²) in [5.74, 6) is 4.57. The molecule has 0 aromatic heterocycles. The molecule has 0 fully saturated rings. The van der Waals surface area contributed by atoms with Gasteiger partial charge in [0.1, 0.15) is 12.2 Å². The Morgan fingerprint density at radius 1 is 0.438 bits per heavy atom. The Balaban J connectivity index is 3.21. The molecule has 0 aromatic rings. The van der Waals surface area contributed by atoms with Crippen LogP contribution < -0.4 is 0 Å². The van der Waals surface area contributed by atoms with Crippen molar-refractivity contribution in [2.45, 2.75) is 128 Å². The summed E-state index contributed by atoms with van der Waals surface area (Å²) in [4.78, 5) is 0. The average molecular weight is 441 g/mol. The molecule has 0 unspecified atom stereocenters. The normalized spacial score (nSPS) is 13.6. The minimum atomic E-state index is -0.721. The fourth-order valence-corrected chi connectivity index (χ4v) is 3.61. The number of aliphatic hydroxyl groups is 2. The summed E-state index contributed by atoms with van der Waals surface area (Å²) < 4.78 is 0. The number of unbranched alkanes of at least 4 members (excludes halogenated alkanes) is 16. The van der Waals surface area contributed by atoms with Crippen molar-refractivity contribution in [2.24, 2.45) is 0 Å². The molecule has 0 bridgehead atoms. The van der Waals surface area contributed by atoms with E-state index in [9.17, 15) is 10.2 Å². The van der Waals surface area contributed by atoms with Crippen molar-refractivity contribution in [3.63, 3.8) is 0 Å². The Morgan fingerprint density at radius 2 is 0.688 bits per heavy atom. The lowest BCUT2D eigenvalue weighted by Crippen LogP contribution is -1.95. The molecule has 0 aliphatic carbocycles. The van der Waals surface area contributed by atoms with Gasteiger partial charge in [0.2, 0.25) is 0 Å². The quantitative estimate of drug-likeness (QED) is 0.103. The third kappa shape index (κ3) is 24.5. The van der Waals surface area contributed by atoms with Gasteiger partial charge in [-0.2, -0.15) is 0 Å². The number of allylic oxidation sites excluding steroid dienone is 4. The van der Waals surface area contributed by atoms with Crippen LogP contribution in [0, 0.1) is 24.7 Å². The maximum absolute atomic E-state index is 9.21. The average Bonchev–Trinajstić information content (AvgIpc) is 2.81. The molecule has 2 N–H and O–H groups in total. The number of hydrogen-bond acceptors (Lipinski definition) is 2. The second-order valence-corrected chi connectivity index (χ2v) is 8.66. The molecule has 0 aliphatic rings. The molecule has 32 heavy (non-hydrogen) atoms. The van der Waals surface area contributed by atoms with E-state index in [1.54, 1.807) is 12.2 Å². The van der Waals surface area contributed by atoms with Gasteiger partial charge in [-0.15, -0.1) is 12.8 Å². The van der Waals surface area contributed by atoms with Crippen LogP contribution in [0.15, 0.2) is 36.5 Å². The lowest BCUT2D eigenvalue weighted by molar-refractivity contribution is 0.280. The molecular formula is C30H48O2. The minimum Gasteiger partial charge on any atom is -0.377 e. The van der Waals surface area contributed by atoms with E-state index in [4.69, 9.17) is 12.8 Å². The lowest BCUT2D eigenvalue weighted by Gasteiger charge is -2.01. The van der Waals surface area contributed by atoms with Gasteiger partial charge < -0.3 is 10.2 Å². The Kier molecular flexibility index (Phi) is 24.1. The van der Waals surface area contributed by atoms with Crippen LogP contribution in [0.1, 0.15) is 116 Å². The summed E-state index contributed by atoms with van der Waals surface area (Å²) in [6.07, 6.45) is 43.7. The molecule has 2 nitrogen and oxygen atoms in total. The van der Waals surface area contributed by atoms with Gasteiger partial charge in [-0.05, 0) is 63.5 Å². The number of terminal acetylenes is 2. The number of aliphatic hydroxyl groups excluding tert-OH is 2. The van der Waals surface area contributed by atoms with Crippen LogP contribution in [0.5, 0.6) is 0 Å². The lowest BCUT2D eigenvalue weighted by atomic mass is 10.1. The van der Waals surface area contributed by atoms with Gasteiger partial charge in [0, 0.05) is 0 Å². The third-order valence-corrected chi connectivity index (χ3v) is 5.63. The predicted octanol–water partition coefficient (Wildman–Crippen LogP) is 7.67. The van der Waals surface area contributed by atoms with E-state index >= 15 is 0 Å². The SMILES string of the molecule is C#C[C@@H](O)/C=C/CCCCCCCCC/C=C\CCCCCCCCC/C=C/[C@H](O)C#C. The first-order valence-corrected chi connectivity index (χ1v) is 13.0. The highest BCUT2D eigenvalue weighted by Gasteiger charge is 1.94. The fraction of sp³-hybridized carbons (Fsp3) is 0.667. The van der Waals surface area contributed by atoms with Crippen LogP contribution in [-0.4, -0.2) is 22.4 Å². The largest absolute Gasteiger partial charge is 0.377 e. The summed E-state index contributed by atoms with van der Waals surface area (Å²) in [7, 11) is 0. The van der Waals surface area contributed by atoms with Gasteiger partial charge in [0.05, 0.1) is 0 Å². The monoisotopic (exact) mass is 440 g/mol. The van der Waals surface area contributed by atoms with Crippen molar-refractivity contribution in [1.82, 2.24) is 0 Å². The first-order valence-electron chi connectivity index (χ1n) is 13.0. The summed E-state index contributed by atoms with van der Waals surface area (Å²) >= 11 is 0. The van der Waals surface area contributed by atoms with Gasteiger partial charge in [-0.1, -0.05) is 100 Å². The summed E-state index contributed by atoms with van der Waals surface area (Å²) in [5, 5.41) is 18.4. The van der Waals surface area contributed by atoms with E-state index in [1.165, 1.54) is 103 Å². The van der Waals surface area contributed by atoms with Crippen molar-refractivity contribution in [2.75, 3.05) is 0 Å². The summed E-state index contributed by atoms with van der Waals surface area (Å²) in [6, 6.07) is 0. The standard InChI is InChI=1S/C30H48O2/c1-3-29(31)27-25-23-21-19-17-15-13-11-9-7-5-6-8-10-12-14-16-18-20-22-24-26-28-30(32)4-2/h1-2,5-6,25-32H,7-24H2/b6-5-,27-25+,28-26+/t29-,30-/m1/s1. The van der Waals surface area contributed by atoms with Crippen LogP contribution in [0.2, 0.25) is 0 Å². The molecule has 0 aromatic carbocycles. The highest BCUT2D eigenvalue weighted by atomic mass is 16.3. The van der Waals surface area contributed by atoms with Gasteiger partial charge in [-0.25, -0.2) is 0 Å². The van der Waals surface area contributed by atoms with Gasteiger partial charge in [0.25, 0.3) is 0 Å². The molecule has 180 valence electrons. The molecular weight excluding hydrogens is 392 g/mol. The molecule has 0 saturated carbocycles. The van der Waals surface area contributed by atoms with Gasteiger partial charge in [-0.3, -0.25) is 0 Å². The van der Waals surface area contributed by atoms with E-state index in [-0.39, 0.29) is 0 Å². The highest BCUT2D eigenvalue weighted by molar-refractivity contribution is 5.06. The fourth-order valence-electron chi connectivity index (χ4n) is 3.61. The molecule has 0 aliphatic heterocycles. The van der Waals surface area contributed by atoms with Crippen molar-refractivity contribution in [1.29, 1.82) is 0 Å². The maximum atomic E-state index is 9.21. The molecule has 0 radical (unpaired) electrons. The van der Waals surface area contributed by atoms with Crippen molar-refractivity contribution in [3.05, 3.63) is 36.5 Å². The second kappa shape index (κ2) is 25.5. The Hall–Kier alpha value is -1.74. The topological polar surface area (TPSA) is 40.5 Å². The Labute approximate surface area is 199 Å². The predicted molar refractivity (Wildman–Crippen MR) is 140 cm³/mol. The first-order chi connectivity index (χ1) is 15.7. The van der Waals surface area contributed by atoms with E-state index < -0.39 is 12.2 Å².